The number of rotatable bonds is 7. The Balaban J connectivity index is 1.51. The van der Waals surface area contributed by atoms with Crippen LogP contribution >= 0.6 is 11.6 Å². The molecule has 0 bridgehead atoms. The van der Waals surface area contributed by atoms with E-state index in [2.05, 4.69) is 36.1 Å². The van der Waals surface area contributed by atoms with E-state index in [0.29, 0.717) is 4.80 Å². The smallest absolute Gasteiger partial charge is 0.349 e. The Bertz CT molecular complexity index is 1580. The second-order valence-corrected chi connectivity index (χ2v) is 9.14. The van der Waals surface area contributed by atoms with Gasteiger partial charge in [-0.05, 0) is 60.9 Å². The second kappa shape index (κ2) is 10.1. The van der Waals surface area contributed by atoms with Crippen LogP contribution in [0.2, 0.25) is 5.02 Å². The lowest BCUT2D eigenvalue weighted by Crippen LogP contribution is -2.28. The van der Waals surface area contributed by atoms with Gasteiger partial charge in [-0.3, -0.25) is 9.59 Å². The lowest BCUT2D eigenvalue weighted by atomic mass is 10.1. The predicted molar refractivity (Wildman–Crippen MR) is 128 cm³/mol. The minimum absolute atomic E-state index is 0.0110. The van der Waals surface area contributed by atoms with Crippen molar-refractivity contribution < 1.29 is 27.2 Å². The maximum atomic E-state index is 14.2. The van der Waals surface area contributed by atoms with Gasteiger partial charge in [-0.25, -0.2) is 14.1 Å². The maximum absolute atomic E-state index is 14.2. The molecule has 0 aliphatic heterocycles. The fourth-order valence-corrected chi connectivity index (χ4v) is 3.89. The monoisotopic (exact) mass is 563 g/mol. The first kappa shape index (κ1) is 26.2. The van der Waals surface area contributed by atoms with Crippen LogP contribution in [0.5, 0.6) is 0 Å². The average molecular weight is 564 g/mol. The van der Waals surface area contributed by atoms with E-state index in [0.717, 1.165) is 29.7 Å². The minimum atomic E-state index is -4.79. The van der Waals surface area contributed by atoms with Crippen molar-refractivity contribution >= 4 is 29.1 Å². The van der Waals surface area contributed by atoms with Gasteiger partial charge >= 0.3 is 6.18 Å². The van der Waals surface area contributed by atoms with Crippen molar-refractivity contribution in [2.24, 2.45) is 0 Å². The van der Waals surface area contributed by atoms with Crippen molar-refractivity contribution in [1.82, 2.24) is 40.3 Å². The highest BCUT2D eigenvalue weighted by atomic mass is 35.5. The lowest BCUT2D eigenvalue weighted by Gasteiger charge is -2.15. The number of nitrogens with zero attached hydrogens (tertiary/aromatic N) is 7. The van der Waals surface area contributed by atoms with Gasteiger partial charge in [-0.2, -0.15) is 23.1 Å². The quantitative estimate of drug-likeness (QED) is 0.329. The molecule has 1 aromatic carbocycles. The number of amides is 2. The molecule has 0 unspecified atom stereocenters. The molecule has 16 heteroatoms. The van der Waals surface area contributed by atoms with Crippen LogP contribution < -0.4 is 10.6 Å². The van der Waals surface area contributed by atoms with Crippen molar-refractivity contribution in [2.75, 3.05) is 5.32 Å². The highest BCUT2D eigenvalue weighted by Gasteiger charge is 2.37. The average Bonchev–Trinajstić information content (AvgIpc) is 3.37. The Labute approximate surface area is 222 Å². The number of anilines is 1. The molecule has 2 amide bonds. The maximum Gasteiger partial charge on any atom is 0.455 e. The first-order valence-electron chi connectivity index (χ1n) is 11.5. The zero-order chi connectivity index (χ0) is 27.9. The van der Waals surface area contributed by atoms with Gasteiger partial charge in [0, 0.05) is 12.2 Å². The molecule has 0 radical (unpaired) electrons. The van der Waals surface area contributed by atoms with Crippen LogP contribution in [0, 0.1) is 12.7 Å². The van der Waals surface area contributed by atoms with Gasteiger partial charge in [0.2, 0.25) is 0 Å². The molecule has 1 aliphatic carbocycles. The zero-order valence-electron chi connectivity index (χ0n) is 20.0. The number of alkyl halides is 3. The van der Waals surface area contributed by atoms with Crippen LogP contribution in [-0.4, -0.2) is 52.8 Å². The Hall–Kier alpha value is -4.40. The molecule has 202 valence electrons. The first-order chi connectivity index (χ1) is 18.5. The van der Waals surface area contributed by atoms with E-state index in [-0.39, 0.29) is 51.6 Å². The van der Waals surface area contributed by atoms with Crippen LogP contribution in [-0.2, 0) is 12.7 Å². The number of carbonyl (C=O) groups is 2. The number of tetrazole rings is 1. The number of pyridine rings is 1. The fourth-order valence-electron chi connectivity index (χ4n) is 3.69. The molecule has 3 heterocycles. The summed E-state index contributed by atoms with van der Waals surface area (Å²) >= 11 is 6.27. The summed E-state index contributed by atoms with van der Waals surface area (Å²) in [4.78, 5) is 31.1. The number of aromatic nitrogens is 7. The summed E-state index contributed by atoms with van der Waals surface area (Å²) in [5.74, 6) is -3.35. The second-order valence-electron chi connectivity index (χ2n) is 8.73. The number of hydrogen-bond acceptors (Lipinski definition) is 7. The van der Waals surface area contributed by atoms with E-state index < -0.39 is 29.6 Å². The van der Waals surface area contributed by atoms with Gasteiger partial charge in [-0.1, -0.05) is 11.6 Å². The number of benzene rings is 1. The third-order valence-corrected chi connectivity index (χ3v) is 5.93. The Morgan fingerprint density at radius 2 is 1.92 bits per heavy atom. The molecule has 3 aromatic heterocycles. The number of hydrogen-bond donors (Lipinski definition) is 2. The van der Waals surface area contributed by atoms with Gasteiger partial charge in [0.25, 0.3) is 17.6 Å². The molecule has 0 spiro atoms. The van der Waals surface area contributed by atoms with Crippen LogP contribution in [0.25, 0.3) is 5.82 Å². The molecule has 0 atom stereocenters. The van der Waals surface area contributed by atoms with E-state index in [9.17, 15) is 27.2 Å². The van der Waals surface area contributed by atoms with Gasteiger partial charge in [-0.15, -0.1) is 10.2 Å². The van der Waals surface area contributed by atoms with Gasteiger partial charge in [0.1, 0.15) is 18.1 Å². The molecule has 11 nitrogen and oxygen atoms in total. The minimum Gasteiger partial charge on any atom is -0.349 e. The Kier molecular flexibility index (Phi) is 6.76. The van der Waals surface area contributed by atoms with E-state index in [4.69, 9.17) is 11.6 Å². The number of carbonyl (C=O) groups excluding carboxylic acids is 2. The van der Waals surface area contributed by atoms with Crippen molar-refractivity contribution in [2.45, 2.75) is 38.5 Å². The third-order valence-electron chi connectivity index (χ3n) is 5.64. The Morgan fingerprint density at radius 1 is 1.15 bits per heavy atom. The standard InChI is InChI=1S/C23H18ClF4N9O2/c1-11-7-12(25)8-15(20(38)30-13-4-5-13)18(11)31-21(39)17-9-14(10-36-34-22(32-35-36)23(26,27)28)33-37(17)19-16(24)3-2-6-29-19/h2-3,6-9,13H,4-5,10H2,1H3,(H,30,38)(H,31,39). The van der Waals surface area contributed by atoms with E-state index in [1.54, 1.807) is 6.07 Å². The van der Waals surface area contributed by atoms with Crippen molar-refractivity contribution in [1.29, 1.82) is 0 Å². The first-order valence-corrected chi connectivity index (χ1v) is 11.8. The molecule has 1 fully saturated rings. The molecule has 39 heavy (non-hydrogen) atoms. The lowest BCUT2D eigenvalue weighted by molar-refractivity contribution is -0.145. The number of nitrogens with one attached hydrogen (secondary N) is 2. The summed E-state index contributed by atoms with van der Waals surface area (Å²) in [6.07, 6.45) is -1.77. The normalized spacial score (nSPS) is 13.4. The summed E-state index contributed by atoms with van der Waals surface area (Å²) in [7, 11) is 0. The van der Waals surface area contributed by atoms with Gasteiger partial charge in [0.15, 0.2) is 5.82 Å². The highest BCUT2D eigenvalue weighted by molar-refractivity contribution is 6.32. The van der Waals surface area contributed by atoms with E-state index in [1.165, 1.54) is 25.3 Å². The zero-order valence-corrected chi connectivity index (χ0v) is 20.8. The van der Waals surface area contributed by atoms with Gasteiger partial charge < -0.3 is 10.6 Å². The SMILES string of the molecule is Cc1cc(F)cc(C(=O)NC2CC2)c1NC(=O)c1cc(Cn2nnc(C(F)(F)F)n2)nn1-c1ncccc1Cl. The summed E-state index contributed by atoms with van der Waals surface area (Å²) in [6, 6.07) is 6.51. The summed E-state index contributed by atoms with van der Waals surface area (Å²) in [5.41, 5.74) is 0.252. The molecule has 1 aliphatic rings. The fraction of sp³-hybridized carbons (Fsp3) is 0.261. The van der Waals surface area contributed by atoms with Crippen molar-refractivity contribution in [3.63, 3.8) is 0 Å². The van der Waals surface area contributed by atoms with Crippen molar-refractivity contribution in [3.8, 4) is 5.82 Å². The van der Waals surface area contributed by atoms with Crippen LogP contribution in [0.1, 0.15) is 50.8 Å². The molecule has 2 N–H and O–H groups in total. The van der Waals surface area contributed by atoms with Crippen LogP contribution in [0.3, 0.4) is 0 Å². The Morgan fingerprint density at radius 3 is 2.59 bits per heavy atom. The largest absolute Gasteiger partial charge is 0.455 e. The molecule has 4 aromatic rings. The molecule has 0 saturated heterocycles. The summed E-state index contributed by atoms with van der Waals surface area (Å²) in [5, 5.41) is 19.5. The topological polar surface area (TPSA) is 133 Å². The molecular formula is C23H18ClF4N9O2. The van der Waals surface area contributed by atoms with E-state index in [1.807, 2.05) is 0 Å². The summed E-state index contributed by atoms with van der Waals surface area (Å²) < 4.78 is 53.9. The number of aryl methyl sites for hydroxylation is 1. The van der Waals surface area contributed by atoms with E-state index >= 15 is 0 Å². The highest BCUT2D eigenvalue weighted by Crippen LogP contribution is 2.28. The van der Waals surface area contributed by atoms with Gasteiger partial charge in [0.05, 0.1) is 22.0 Å². The number of halogens is 5. The predicted octanol–water partition coefficient (Wildman–Crippen LogP) is 3.57. The summed E-state index contributed by atoms with van der Waals surface area (Å²) in [6.45, 7) is 1.16. The van der Waals surface area contributed by atoms with Crippen LogP contribution in [0.4, 0.5) is 23.2 Å². The van der Waals surface area contributed by atoms with Crippen LogP contribution in [0.15, 0.2) is 36.5 Å². The van der Waals surface area contributed by atoms with Crippen molar-refractivity contribution in [3.05, 3.63) is 75.7 Å². The molecular weight excluding hydrogens is 546 g/mol. The third kappa shape index (κ3) is 5.72. The molecule has 1 saturated carbocycles. The molecule has 5 rings (SSSR count).